The van der Waals surface area contributed by atoms with Crippen LogP contribution in [-0.4, -0.2) is 30.8 Å². The SMILES string of the molecule is CCC(C)(NS(=O)(=O)CCc1ccccc1)C(=O)O. The number of aliphatic carboxylic acids is 1. The van der Waals surface area contributed by atoms with Crippen molar-refractivity contribution in [1.82, 2.24) is 4.72 Å². The van der Waals surface area contributed by atoms with Crippen LogP contribution in [0.1, 0.15) is 25.8 Å². The first-order valence-electron chi connectivity index (χ1n) is 6.08. The molecule has 0 saturated heterocycles. The normalized spacial score (nSPS) is 14.8. The summed E-state index contributed by atoms with van der Waals surface area (Å²) in [6.07, 6.45) is 0.544. The number of sulfonamides is 1. The quantitative estimate of drug-likeness (QED) is 0.793. The van der Waals surface area contributed by atoms with Gasteiger partial charge in [0, 0.05) is 0 Å². The number of hydrogen-bond acceptors (Lipinski definition) is 3. The molecule has 0 saturated carbocycles. The fourth-order valence-electron chi connectivity index (χ4n) is 1.56. The Morgan fingerprint density at radius 2 is 1.89 bits per heavy atom. The van der Waals surface area contributed by atoms with Gasteiger partial charge < -0.3 is 5.11 Å². The lowest BCUT2D eigenvalue weighted by Crippen LogP contribution is -2.52. The van der Waals surface area contributed by atoms with Gasteiger partial charge in [-0.25, -0.2) is 8.42 Å². The lowest BCUT2D eigenvalue weighted by molar-refractivity contribution is -0.143. The summed E-state index contributed by atoms with van der Waals surface area (Å²) in [6, 6.07) is 9.21. The van der Waals surface area contributed by atoms with Crippen LogP contribution in [0.15, 0.2) is 30.3 Å². The minimum Gasteiger partial charge on any atom is -0.480 e. The Balaban J connectivity index is 2.69. The zero-order chi connectivity index (χ0) is 14.5. The van der Waals surface area contributed by atoms with Gasteiger partial charge in [-0.15, -0.1) is 0 Å². The molecule has 1 rings (SSSR count). The Kier molecular flexibility index (Phi) is 5.08. The van der Waals surface area contributed by atoms with Crippen molar-refractivity contribution < 1.29 is 18.3 Å². The van der Waals surface area contributed by atoms with Crippen LogP contribution in [0.2, 0.25) is 0 Å². The van der Waals surface area contributed by atoms with Gasteiger partial charge in [0.15, 0.2) is 0 Å². The lowest BCUT2D eigenvalue weighted by atomic mass is 10.0. The summed E-state index contributed by atoms with van der Waals surface area (Å²) in [6.45, 7) is 3.00. The van der Waals surface area contributed by atoms with Crippen LogP contribution in [0.3, 0.4) is 0 Å². The van der Waals surface area contributed by atoms with Crippen molar-refractivity contribution in [2.45, 2.75) is 32.2 Å². The van der Waals surface area contributed by atoms with Crippen molar-refractivity contribution in [3.63, 3.8) is 0 Å². The first-order chi connectivity index (χ1) is 8.79. The Bertz CT molecular complexity index is 527. The first kappa shape index (κ1) is 15.7. The minimum atomic E-state index is -3.63. The number of benzene rings is 1. The van der Waals surface area contributed by atoms with Crippen molar-refractivity contribution in [3.8, 4) is 0 Å². The van der Waals surface area contributed by atoms with Gasteiger partial charge in [0.2, 0.25) is 10.0 Å². The second-order valence-electron chi connectivity index (χ2n) is 4.65. The van der Waals surface area contributed by atoms with Gasteiger partial charge in [-0.1, -0.05) is 37.3 Å². The molecule has 0 bridgehead atoms. The van der Waals surface area contributed by atoms with E-state index in [0.717, 1.165) is 5.56 Å². The molecule has 1 aromatic carbocycles. The number of carboxylic acid groups (broad SMARTS) is 1. The Labute approximate surface area is 113 Å². The second kappa shape index (κ2) is 6.16. The maximum atomic E-state index is 11.9. The van der Waals surface area contributed by atoms with Crippen LogP contribution in [-0.2, 0) is 21.2 Å². The van der Waals surface area contributed by atoms with E-state index in [1.807, 2.05) is 30.3 Å². The van der Waals surface area contributed by atoms with Gasteiger partial charge in [0.1, 0.15) is 5.54 Å². The topological polar surface area (TPSA) is 83.5 Å². The van der Waals surface area contributed by atoms with Crippen molar-refractivity contribution >= 4 is 16.0 Å². The van der Waals surface area contributed by atoms with Crippen LogP contribution in [0.25, 0.3) is 0 Å². The van der Waals surface area contributed by atoms with Crippen LogP contribution in [0, 0.1) is 0 Å². The largest absolute Gasteiger partial charge is 0.480 e. The van der Waals surface area contributed by atoms with Crippen molar-refractivity contribution in [2.75, 3.05) is 5.75 Å². The zero-order valence-corrected chi connectivity index (χ0v) is 11.9. The molecule has 0 aromatic heterocycles. The van der Waals surface area contributed by atoms with Gasteiger partial charge in [-0.05, 0) is 25.3 Å². The minimum absolute atomic E-state index is 0.125. The van der Waals surface area contributed by atoms with E-state index in [0.29, 0.717) is 6.42 Å². The molecule has 0 amide bonds. The van der Waals surface area contributed by atoms with E-state index in [-0.39, 0.29) is 12.2 Å². The summed E-state index contributed by atoms with van der Waals surface area (Å²) >= 11 is 0. The summed E-state index contributed by atoms with van der Waals surface area (Å²) < 4.78 is 26.1. The van der Waals surface area contributed by atoms with Crippen molar-refractivity contribution in [2.24, 2.45) is 0 Å². The molecule has 6 heteroatoms. The summed E-state index contributed by atoms with van der Waals surface area (Å²) in [5, 5.41) is 9.05. The van der Waals surface area contributed by atoms with Crippen LogP contribution in [0.4, 0.5) is 0 Å². The summed E-state index contributed by atoms with van der Waals surface area (Å²) in [5.74, 6) is -1.29. The molecule has 0 aliphatic carbocycles. The summed E-state index contributed by atoms with van der Waals surface area (Å²) in [7, 11) is -3.63. The van der Waals surface area contributed by atoms with E-state index in [9.17, 15) is 13.2 Å². The predicted octanol–water partition coefficient (Wildman–Crippen LogP) is 1.40. The molecular formula is C13H19NO4S. The molecule has 0 spiro atoms. The summed E-state index contributed by atoms with van der Waals surface area (Å²) in [4.78, 5) is 11.1. The van der Waals surface area contributed by atoms with Gasteiger partial charge in [0.25, 0.3) is 0 Å². The van der Waals surface area contributed by atoms with Crippen LogP contribution < -0.4 is 4.72 Å². The second-order valence-corrected chi connectivity index (χ2v) is 6.49. The molecule has 19 heavy (non-hydrogen) atoms. The number of aryl methyl sites for hydroxylation is 1. The first-order valence-corrected chi connectivity index (χ1v) is 7.73. The average molecular weight is 285 g/mol. The Morgan fingerprint density at radius 3 is 2.37 bits per heavy atom. The maximum Gasteiger partial charge on any atom is 0.324 e. The van der Waals surface area contributed by atoms with E-state index >= 15 is 0 Å². The maximum absolute atomic E-state index is 11.9. The molecule has 0 fully saturated rings. The van der Waals surface area contributed by atoms with E-state index < -0.39 is 21.5 Å². The van der Waals surface area contributed by atoms with Gasteiger partial charge in [0.05, 0.1) is 5.75 Å². The molecule has 106 valence electrons. The van der Waals surface area contributed by atoms with Gasteiger partial charge >= 0.3 is 5.97 Å². The zero-order valence-electron chi connectivity index (χ0n) is 11.1. The third-order valence-electron chi connectivity index (χ3n) is 3.06. The highest BCUT2D eigenvalue weighted by molar-refractivity contribution is 7.89. The highest BCUT2D eigenvalue weighted by atomic mass is 32.2. The molecule has 0 aliphatic rings. The number of nitrogens with one attached hydrogen (secondary N) is 1. The Morgan fingerprint density at radius 1 is 1.32 bits per heavy atom. The number of carboxylic acids is 1. The third-order valence-corrected chi connectivity index (χ3v) is 4.57. The van der Waals surface area contributed by atoms with E-state index in [1.54, 1.807) is 6.92 Å². The molecule has 0 heterocycles. The lowest BCUT2D eigenvalue weighted by Gasteiger charge is -2.24. The fourth-order valence-corrected chi connectivity index (χ4v) is 3.08. The average Bonchev–Trinajstić information content (AvgIpc) is 2.37. The van der Waals surface area contributed by atoms with E-state index in [4.69, 9.17) is 5.11 Å². The number of rotatable bonds is 7. The third kappa shape index (κ3) is 4.65. The number of carbonyl (C=O) groups is 1. The van der Waals surface area contributed by atoms with E-state index in [2.05, 4.69) is 4.72 Å². The van der Waals surface area contributed by atoms with Gasteiger partial charge in [-0.3, -0.25) is 4.79 Å². The molecule has 1 unspecified atom stereocenters. The van der Waals surface area contributed by atoms with Crippen molar-refractivity contribution in [3.05, 3.63) is 35.9 Å². The van der Waals surface area contributed by atoms with Gasteiger partial charge in [-0.2, -0.15) is 4.72 Å². The molecule has 2 N–H and O–H groups in total. The molecule has 1 aromatic rings. The highest BCUT2D eigenvalue weighted by Gasteiger charge is 2.35. The number of hydrogen-bond donors (Lipinski definition) is 2. The van der Waals surface area contributed by atoms with Crippen molar-refractivity contribution in [1.29, 1.82) is 0 Å². The van der Waals surface area contributed by atoms with Crippen LogP contribution >= 0.6 is 0 Å². The molecule has 1 atom stereocenters. The Hall–Kier alpha value is -1.40. The van der Waals surface area contributed by atoms with Crippen LogP contribution in [0.5, 0.6) is 0 Å². The van der Waals surface area contributed by atoms with E-state index in [1.165, 1.54) is 6.92 Å². The molecule has 0 aliphatic heterocycles. The monoisotopic (exact) mass is 285 g/mol. The molecule has 0 radical (unpaired) electrons. The smallest absolute Gasteiger partial charge is 0.324 e. The summed E-state index contributed by atoms with van der Waals surface area (Å²) in [5.41, 5.74) is -0.545. The standard InChI is InChI=1S/C13H19NO4S/c1-3-13(2,12(15)16)14-19(17,18)10-9-11-7-5-4-6-8-11/h4-8,14H,3,9-10H2,1-2H3,(H,15,16). The molecular weight excluding hydrogens is 266 g/mol. The predicted molar refractivity (Wildman–Crippen MR) is 73.4 cm³/mol. The highest BCUT2D eigenvalue weighted by Crippen LogP contribution is 2.12. The fraction of sp³-hybridized carbons (Fsp3) is 0.462. The molecule has 5 nitrogen and oxygen atoms in total.